The first-order chi connectivity index (χ1) is 14.8. The Morgan fingerprint density at radius 1 is 0.967 bits per heavy atom. The lowest BCUT2D eigenvalue weighted by Gasteiger charge is -2.14. The van der Waals surface area contributed by atoms with Crippen LogP contribution in [0.15, 0.2) is 67.3 Å². The van der Waals surface area contributed by atoms with Crippen molar-refractivity contribution in [1.29, 1.82) is 0 Å². The Labute approximate surface area is 173 Å². The van der Waals surface area contributed by atoms with E-state index in [0.29, 0.717) is 12.5 Å². The molecule has 5 aromatic rings. The molecular formula is C24H20N4O2. The minimum absolute atomic E-state index is 0.533. The van der Waals surface area contributed by atoms with E-state index in [2.05, 4.69) is 26.0 Å². The summed E-state index contributed by atoms with van der Waals surface area (Å²) in [5.74, 6) is 1.35. The van der Waals surface area contributed by atoms with Crippen LogP contribution in [0.2, 0.25) is 0 Å². The van der Waals surface area contributed by atoms with Crippen molar-refractivity contribution in [3.8, 4) is 34.0 Å². The fourth-order valence-electron chi connectivity index (χ4n) is 3.82. The third-order valence-corrected chi connectivity index (χ3v) is 5.11. The molecule has 4 aromatic heterocycles. The van der Waals surface area contributed by atoms with Gasteiger partial charge in [0, 0.05) is 51.6 Å². The molecule has 1 N–H and O–H groups in total. The molecule has 6 nitrogen and oxygen atoms in total. The minimum Gasteiger partial charge on any atom is -0.496 e. The SMILES string of the molecule is CCOc1ncccc1-c1c(OC)ccc2[nH]c3cnc(-c4cccnc4)cc3c12. The number of fused-ring (bicyclic) bond motifs is 3. The molecule has 0 atom stereocenters. The fraction of sp³-hybridized carbons (Fsp3) is 0.125. The van der Waals surface area contributed by atoms with Gasteiger partial charge in [-0.05, 0) is 49.4 Å². The van der Waals surface area contributed by atoms with Crippen molar-refractivity contribution in [2.75, 3.05) is 13.7 Å². The van der Waals surface area contributed by atoms with E-state index < -0.39 is 0 Å². The van der Waals surface area contributed by atoms with Crippen LogP contribution in [-0.2, 0) is 0 Å². The topological polar surface area (TPSA) is 72.9 Å². The largest absolute Gasteiger partial charge is 0.496 e. The van der Waals surface area contributed by atoms with Gasteiger partial charge in [0.15, 0.2) is 0 Å². The second-order valence-electron chi connectivity index (χ2n) is 6.84. The van der Waals surface area contributed by atoms with Gasteiger partial charge < -0.3 is 14.5 Å². The summed E-state index contributed by atoms with van der Waals surface area (Å²) in [6.07, 6.45) is 7.18. The maximum atomic E-state index is 5.82. The number of hydrogen-bond donors (Lipinski definition) is 1. The third-order valence-electron chi connectivity index (χ3n) is 5.11. The Morgan fingerprint density at radius 3 is 2.67 bits per heavy atom. The molecule has 148 valence electrons. The molecule has 30 heavy (non-hydrogen) atoms. The lowest BCUT2D eigenvalue weighted by Crippen LogP contribution is -1.98. The Hall–Kier alpha value is -3.93. The molecule has 0 aliphatic carbocycles. The number of H-pyrrole nitrogens is 1. The monoisotopic (exact) mass is 396 g/mol. The standard InChI is InChI=1S/C24H20N4O2/c1-3-30-24-16(7-5-11-26-24)23-21(29-2)9-8-18-22(23)17-12-19(27-14-20(17)28-18)15-6-4-10-25-13-15/h4-14,28H,3H2,1-2H3. The van der Waals surface area contributed by atoms with Crippen molar-refractivity contribution >= 4 is 21.8 Å². The van der Waals surface area contributed by atoms with Gasteiger partial charge in [0.05, 0.1) is 31.1 Å². The molecule has 0 bridgehead atoms. The van der Waals surface area contributed by atoms with Crippen LogP contribution < -0.4 is 9.47 Å². The van der Waals surface area contributed by atoms with Gasteiger partial charge in [-0.25, -0.2) is 4.98 Å². The second-order valence-corrected chi connectivity index (χ2v) is 6.84. The van der Waals surface area contributed by atoms with Crippen LogP contribution in [0.25, 0.3) is 44.2 Å². The Balaban J connectivity index is 1.85. The van der Waals surface area contributed by atoms with Gasteiger partial charge >= 0.3 is 0 Å². The molecule has 6 heteroatoms. The smallest absolute Gasteiger partial charge is 0.221 e. The van der Waals surface area contributed by atoms with Crippen LogP contribution in [0.4, 0.5) is 0 Å². The van der Waals surface area contributed by atoms with E-state index in [-0.39, 0.29) is 0 Å². The number of benzene rings is 1. The summed E-state index contributed by atoms with van der Waals surface area (Å²) in [6.45, 7) is 2.49. The number of hydrogen-bond acceptors (Lipinski definition) is 5. The average molecular weight is 396 g/mol. The number of nitrogens with zero attached hydrogens (tertiary/aromatic N) is 3. The predicted octanol–water partition coefficient (Wildman–Crippen LogP) is 5.25. The highest BCUT2D eigenvalue weighted by molar-refractivity contribution is 6.16. The number of pyridine rings is 3. The Morgan fingerprint density at radius 2 is 1.87 bits per heavy atom. The first-order valence-electron chi connectivity index (χ1n) is 9.77. The summed E-state index contributed by atoms with van der Waals surface area (Å²) in [5.41, 5.74) is 5.62. The molecule has 0 aliphatic heterocycles. The van der Waals surface area contributed by atoms with Crippen LogP contribution in [0.1, 0.15) is 6.92 Å². The summed E-state index contributed by atoms with van der Waals surface area (Å²) in [5, 5.41) is 2.10. The number of aromatic nitrogens is 4. The molecule has 0 amide bonds. The molecular weight excluding hydrogens is 376 g/mol. The molecule has 0 unspecified atom stereocenters. The number of rotatable bonds is 5. The number of methoxy groups -OCH3 is 1. The highest BCUT2D eigenvalue weighted by atomic mass is 16.5. The lowest BCUT2D eigenvalue weighted by atomic mass is 9.98. The van der Waals surface area contributed by atoms with Crippen molar-refractivity contribution < 1.29 is 9.47 Å². The van der Waals surface area contributed by atoms with Crippen molar-refractivity contribution in [2.24, 2.45) is 0 Å². The zero-order valence-corrected chi connectivity index (χ0v) is 16.7. The normalized spacial score (nSPS) is 11.1. The molecule has 0 saturated heterocycles. The molecule has 4 heterocycles. The van der Waals surface area contributed by atoms with E-state index in [1.165, 1.54) is 0 Å². The zero-order valence-electron chi connectivity index (χ0n) is 16.7. The first-order valence-corrected chi connectivity index (χ1v) is 9.77. The predicted molar refractivity (Wildman–Crippen MR) is 118 cm³/mol. The maximum Gasteiger partial charge on any atom is 0.221 e. The van der Waals surface area contributed by atoms with Gasteiger partial charge in [0.2, 0.25) is 5.88 Å². The molecule has 0 saturated carbocycles. The van der Waals surface area contributed by atoms with Crippen LogP contribution in [0.5, 0.6) is 11.6 Å². The highest BCUT2D eigenvalue weighted by Gasteiger charge is 2.20. The summed E-state index contributed by atoms with van der Waals surface area (Å²) in [4.78, 5) is 16.8. The summed E-state index contributed by atoms with van der Waals surface area (Å²) in [7, 11) is 1.68. The number of ether oxygens (including phenoxy) is 2. The fourth-order valence-corrected chi connectivity index (χ4v) is 3.82. The van der Waals surface area contributed by atoms with Crippen molar-refractivity contribution in [3.05, 3.63) is 67.3 Å². The van der Waals surface area contributed by atoms with Gasteiger partial charge in [0.25, 0.3) is 0 Å². The summed E-state index contributed by atoms with van der Waals surface area (Å²) < 4.78 is 11.6. The number of aromatic amines is 1. The van der Waals surface area contributed by atoms with E-state index in [4.69, 9.17) is 9.47 Å². The van der Waals surface area contributed by atoms with E-state index in [1.54, 1.807) is 19.5 Å². The van der Waals surface area contributed by atoms with Gasteiger partial charge in [0.1, 0.15) is 5.75 Å². The summed E-state index contributed by atoms with van der Waals surface area (Å²) >= 11 is 0. The van der Waals surface area contributed by atoms with Crippen LogP contribution in [-0.4, -0.2) is 33.7 Å². The van der Waals surface area contributed by atoms with Crippen molar-refractivity contribution in [3.63, 3.8) is 0 Å². The highest BCUT2D eigenvalue weighted by Crippen LogP contribution is 2.43. The molecule has 5 rings (SSSR count). The van der Waals surface area contributed by atoms with Gasteiger partial charge in [-0.2, -0.15) is 0 Å². The van der Waals surface area contributed by atoms with E-state index >= 15 is 0 Å². The Bertz CT molecular complexity index is 1350. The quantitative estimate of drug-likeness (QED) is 0.439. The Kier molecular flexibility index (Phi) is 4.52. The van der Waals surface area contributed by atoms with Crippen LogP contribution in [0, 0.1) is 0 Å². The van der Waals surface area contributed by atoms with E-state index in [0.717, 1.165) is 49.9 Å². The third kappa shape index (κ3) is 2.93. The van der Waals surface area contributed by atoms with Gasteiger partial charge in [-0.1, -0.05) is 0 Å². The molecule has 0 aliphatic rings. The van der Waals surface area contributed by atoms with E-state index in [1.807, 2.05) is 55.7 Å². The molecule has 1 aromatic carbocycles. The first kappa shape index (κ1) is 18.1. The maximum absolute atomic E-state index is 5.82. The molecule has 0 radical (unpaired) electrons. The number of nitrogens with one attached hydrogen (secondary N) is 1. The lowest BCUT2D eigenvalue weighted by molar-refractivity contribution is 0.328. The van der Waals surface area contributed by atoms with Crippen LogP contribution in [0.3, 0.4) is 0 Å². The van der Waals surface area contributed by atoms with Crippen LogP contribution >= 0.6 is 0 Å². The van der Waals surface area contributed by atoms with Gasteiger partial charge in [-0.15, -0.1) is 0 Å². The zero-order chi connectivity index (χ0) is 20.5. The molecule has 0 fully saturated rings. The average Bonchev–Trinajstić information content (AvgIpc) is 3.17. The second kappa shape index (κ2) is 7.48. The summed E-state index contributed by atoms with van der Waals surface area (Å²) in [6, 6.07) is 13.9. The molecule has 0 spiro atoms. The van der Waals surface area contributed by atoms with Crippen molar-refractivity contribution in [2.45, 2.75) is 6.92 Å². The van der Waals surface area contributed by atoms with Crippen molar-refractivity contribution in [1.82, 2.24) is 19.9 Å². The van der Waals surface area contributed by atoms with Gasteiger partial charge in [-0.3, -0.25) is 9.97 Å². The minimum atomic E-state index is 0.533. The van der Waals surface area contributed by atoms with E-state index in [9.17, 15) is 0 Å².